The van der Waals surface area contributed by atoms with Gasteiger partial charge in [-0.15, -0.1) is 11.3 Å². The summed E-state index contributed by atoms with van der Waals surface area (Å²) in [6, 6.07) is 8.66. The molecule has 0 radical (unpaired) electrons. The van der Waals surface area contributed by atoms with Crippen LogP contribution < -0.4 is 10.9 Å². The van der Waals surface area contributed by atoms with Crippen LogP contribution in [0, 0.1) is 6.92 Å². The smallest absolute Gasteiger partial charge is 0.250 e. The van der Waals surface area contributed by atoms with Crippen LogP contribution in [-0.2, 0) is 25.9 Å². The molecule has 0 saturated carbocycles. The quantitative estimate of drug-likeness (QED) is 0.874. The summed E-state index contributed by atoms with van der Waals surface area (Å²) < 4.78 is 1.98. The zero-order chi connectivity index (χ0) is 17.1. The van der Waals surface area contributed by atoms with E-state index < -0.39 is 0 Å². The monoisotopic (exact) mass is 345 g/mol. The molecule has 0 spiro atoms. The highest BCUT2D eigenvalue weighted by Crippen LogP contribution is 2.21. The SMILES string of the molecule is Cc1ccc(CN[C@@H]2CCc3c(ccc(=O)n3CCN(C)C)C2)s1. The largest absolute Gasteiger partial charge is 0.311 e. The van der Waals surface area contributed by atoms with Gasteiger partial charge in [0.25, 0.3) is 5.56 Å². The Hall–Kier alpha value is -1.43. The van der Waals surface area contributed by atoms with Crippen LogP contribution >= 0.6 is 11.3 Å². The molecule has 1 N–H and O–H groups in total. The molecule has 1 aliphatic rings. The van der Waals surface area contributed by atoms with Crippen LogP contribution in [0.2, 0.25) is 0 Å². The summed E-state index contributed by atoms with van der Waals surface area (Å²) >= 11 is 1.86. The van der Waals surface area contributed by atoms with Crippen LogP contribution in [0.5, 0.6) is 0 Å². The first-order valence-electron chi connectivity index (χ1n) is 8.68. The van der Waals surface area contributed by atoms with Crippen LogP contribution in [0.3, 0.4) is 0 Å². The number of nitrogens with zero attached hydrogens (tertiary/aromatic N) is 2. The molecule has 0 unspecified atom stereocenters. The number of fused-ring (bicyclic) bond motifs is 1. The van der Waals surface area contributed by atoms with Gasteiger partial charge in [0.15, 0.2) is 0 Å². The molecule has 0 aliphatic heterocycles. The van der Waals surface area contributed by atoms with Crippen molar-refractivity contribution in [2.75, 3.05) is 20.6 Å². The van der Waals surface area contributed by atoms with E-state index in [0.717, 1.165) is 38.9 Å². The van der Waals surface area contributed by atoms with Gasteiger partial charge < -0.3 is 14.8 Å². The van der Waals surface area contributed by atoms with Crippen LogP contribution in [-0.4, -0.2) is 36.1 Å². The number of hydrogen-bond acceptors (Lipinski definition) is 4. The summed E-state index contributed by atoms with van der Waals surface area (Å²) in [6.45, 7) is 4.77. The van der Waals surface area contributed by atoms with Crippen molar-refractivity contribution < 1.29 is 0 Å². The standard InChI is InChI=1S/C19H27N3OS/c1-14-4-7-17(24-14)13-20-16-6-8-18-15(12-16)5-9-19(23)22(18)11-10-21(2)3/h4-5,7,9,16,20H,6,8,10-13H2,1-3H3/t16-/m1/s1. The van der Waals surface area contributed by atoms with E-state index in [2.05, 4.69) is 29.3 Å². The normalized spacial score (nSPS) is 17.2. The molecule has 2 aromatic heterocycles. The van der Waals surface area contributed by atoms with Crippen molar-refractivity contribution in [3.05, 3.63) is 55.6 Å². The van der Waals surface area contributed by atoms with E-state index in [1.54, 1.807) is 6.07 Å². The molecule has 2 heterocycles. The van der Waals surface area contributed by atoms with Crippen molar-refractivity contribution in [2.24, 2.45) is 0 Å². The second kappa shape index (κ2) is 7.64. The molecule has 0 fully saturated rings. The van der Waals surface area contributed by atoms with Crippen molar-refractivity contribution in [3.63, 3.8) is 0 Å². The third-order valence-corrected chi connectivity index (χ3v) is 5.72. The van der Waals surface area contributed by atoms with E-state index in [1.807, 2.05) is 36.1 Å². The van der Waals surface area contributed by atoms with Gasteiger partial charge in [0.05, 0.1) is 0 Å². The Bertz CT molecular complexity index is 747. The molecular weight excluding hydrogens is 318 g/mol. The van der Waals surface area contributed by atoms with Crippen molar-refractivity contribution in [2.45, 2.75) is 45.3 Å². The lowest BCUT2D eigenvalue weighted by Crippen LogP contribution is -2.37. The van der Waals surface area contributed by atoms with Gasteiger partial charge in [0.2, 0.25) is 0 Å². The molecule has 130 valence electrons. The molecule has 1 atom stereocenters. The Morgan fingerprint density at radius 3 is 2.83 bits per heavy atom. The lowest BCUT2D eigenvalue weighted by atomic mass is 9.91. The van der Waals surface area contributed by atoms with E-state index in [-0.39, 0.29) is 5.56 Å². The highest BCUT2D eigenvalue weighted by molar-refractivity contribution is 7.11. The third kappa shape index (κ3) is 4.15. The minimum Gasteiger partial charge on any atom is -0.311 e. The molecule has 1 aliphatic carbocycles. The van der Waals surface area contributed by atoms with Gasteiger partial charge in [-0.1, -0.05) is 6.07 Å². The molecule has 0 aromatic carbocycles. The lowest BCUT2D eigenvalue weighted by molar-refractivity contribution is 0.370. The number of hydrogen-bond donors (Lipinski definition) is 1. The Morgan fingerprint density at radius 2 is 2.12 bits per heavy atom. The number of rotatable bonds is 6. The lowest BCUT2D eigenvalue weighted by Gasteiger charge is -2.28. The molecule has 5 heteroatoms. The molecule has 3 rings (SSSR count). The number of aromatic nitrogens is 1. The Kier molecular flexibility index (Phi) is 5.54. The summed E-state index contributed by atoms with van der Waals surface area (Å²) in [4.78, 5) is 17.1. The highest BCUT2D eigenvalue weighted by Gasteiger charge is 2.21. The first-order valence-corrected chi connectivity index (χ1v) is 9.49. The second-order valence-electron chi connectivity index (χ2n) is 6.93. The van der Waals surface area contributed by atoms with Crippen LogP contribution in [0.15, 0.2) is 29.1 Å². The van der Waals surface area contributed by atoms with Crippen molar-refractivity contribution in [1.29, 1.82) is 0 Å². The summed E-state index contributed by atoms with van der Waals surface area (Å²) in [7, 11) is 4.10. The molecule has 2 aromatic rings. The van der Waals surface area contributed by atoms with Crippen molar-refractivity contribution in [1.82, 2.24) is 14.8 Å². The number of nitrogens with one attached hydrogen (secondary N) is 1. The zero-order valence-corrected chi connectivity index (χ0v) is 15.7. The summed E-state index contributed by atoms with van der Waals surface area (Å²) in [5, 5.41) is 3.69. The maximum absolute atomic E-state index is 12.2. The molecule has 0 amide bonds. The van der Waals surface area contributed by atoms with Gasteiger partial charge in [-0.25, -0.2) is 0 Å². The Balaban J connectivity index is 1.67. The van der Waals surface area contributed by atoms with E-state index in [1.165, 1.54) is 21.0 Å². The van der Waals surface area contributed by atoms with E-state index in [0.29, 0.717) is 6.04 Å². The first-order chi connectivity index (χ1) is 11.5. The molecular formula is C19H27N3OS. The molecule has 24 heavy (non-hydrogen) atoms. The average molecular weight is 346 g/mol. The Labute approximate surface area is 148 Å². The predicted molar refractivity (Wildman–Crippen MR) is 101 cm³/mol. The van der Waals surface area contributed by atoms with Gasteiger partial charge in [0.1, 0.15) is 0 Å². The fraction of sp³-hybridized carbons (Fsp3) is 0.526. The summed E-state index contributed by atoms with van der Waals surface area (Å²) in [5.74, 6) is 0. The maximum atomic E-state index is 12.2. The minimum atomic E-state index is 0.135. The highest BCUT2D eigenvalue weighted by atomic mass is 32.1. The number of aryl methyl sites for hydroxylation is 1. The van der Waals surface area contributed by atoms with Crippen LogP contribution in [0.25, 0.3) is 0 Å². The molecule has 0 bridgehead atoms. The predicted octanol–water partition coefficient (Wildman–Crippen LogP) is 2.43. The van der Waals surface area contributed by atoms with Crippen LogP contribution in [0.4, 0.5) is 0 Å². The topological polar surface area (TPSA) is 37.3 Å². The van der Waals surface area contributed by atoms with Crippen molar-refractivity contribution in [3.8, 4) is 0 Å². The van der Waals surface area contributed by atoms with Crippen molar-refractivity contribution >= 4 is 11.3 Å². The minimum absolute atomic E-state index is 0.135. The van der Waals surface area contributed by atoms with E-state index in [4.69, 9.17) is 0 Å². The molecule has 0 saturated heterocycles. The van der Waals surface area contributed by atoms with Gasteiger partial charge in [-0.2, -0.15) is 0 Å². The van der Waals surface area contributed by atoms with Gasteiger partial charge in [-0.3, -0.25) is 4.79 Å². The number of likely N-dealkylation sites (N-methyl/N-ethyl adjacent to an activating group) is 1. The fourth-order valence-corrected chi connectivity index (χ4v) is 4.21. The molecule has 4 nitrogen and oxygen atoms in total. The fourth-order valence-electron chi connectivity index (χ4n) is 3.37. The summed E-state index contributed by atoms with van der Waals surface area (Å²) in [6.07, 6.45) is 3.10. The van der Waals surface area contributed by atoms with Gasteiger partial charge >= 0.3 is 0 Å². The Morgan fingerprint density at radius 1 is 1.29 bits per heavy atom. The van der Waals surface area contributed by atoms with Gasteiger partial charge in [-0.05, 0) is 58.0 Å². The zero-order valence-electron chi connectivity index (χ0n) is 14.8. The summed E-state index contributed by atoms with van der Waals surface area (Å²) in [5.41, 5.74) is 2.71. The second-order valence-corrected chi connectivity index (χ2v) is 8.30. The average Bonchev–Trinajstić information content (AvgIpc) is 2.97. The number of pyridine rings is 1. The van der Waals surface area contributed by atoms with Gasteiger partial charge in [0, 0.05) is 47.2 Å². The van der Waals surface area contributed by atoms with E-state index >= 15 is 0 Å². The number of thiophene rings is 1. The van der Waals surface area contributed by atoms with E-state index in [9.17, 15) is 4.79 Å². The van der Waals surface area contributed by atoms with Crippen LogP contribution in [0.1, 0.15) is 27.4 Å². The maximum Gasteiger partial charge on any atom is 0.250 e. The third-order valence-electron chi connectivity index (χ3n) is 4.72. The first kappa shape index (κ1) is 17.4.